The van der Waals surface area contributed by atoms with Crippen LogP contribution in [0.4, 0.5) is 5.13 Å². The summed E-state index contributed by atoms with van der Waals surface area (Å²) in [4.78, 5) is 34.7. The Morgan fingerprint density at radius 3 is 2.67 bits per heavy atom. The first-order valence-corrected chi connectivity index (χ1v) is 12.5. The lowest BCUT2D eigenvalue weighted by atomic mass is 10.0. The molecule has 1 unspecified atom stereocenters. The number of thiazole rings is 1. The molecule has 0 radical (unpaired) electrons. The molecule has 3 rings (SSSR count). The van der Waals surface area contributed by atoms with Gasteiger partial charge in [0.15, 0.2) is 5.13 Å². The molecule has 1 aromatic carbocycles. The Balaban J connectivity index is 1.71. The highest BCUT2D eigenvalue weighted by Gasteiger charge is 2.24. The van der Waals surface area contributed by atoms with E-state index in [9.17, 15) is 9.59 Å². The predicted octanol–water partition coefficient (Wildman–Crippen LogP) is 4.75. The Bertz CT molecular complexity index is 1270. The van der Waals surface area contributed by atoms with Gasteiger partial charge in [-0.3, -0.25) is 14.6 Å². The van der Waals surface area contributed by atoms with Crippen molar-refractivity contribution in [1.29, 1.82) is 0 Å². The van der Waals surface area contributed by atoms with Crippen LogP contribution in [0.3, 0.4) is 0 Å². The lowest BCUT2D eigenvalue weighted by Gasteiger charge is -2.21. The van der Waals surface area contributed by atoms with Crippen molar-refractivity contribution in [3.8, 4) is 11.3 Å². The molecule has 190 valence electrons. The third-order valence-corrected chi connectivity index (χ3v) is 6.20. The van der Waals surface area contributed by atoms with Gasteiger partial charge >= 0.3 is 0 Å². The zero-order valence-corrected chi connectivity index (χ0v) is 22.3. The fourth-order valence-electron chi connectivity index (χ4n) is 3.49. The van der Waals surface area contributed by atoms with Gasteiger partial charge in [-0.2, -0.15) is 0 Å². The average Bonchev–Trinajstić information content (AvgIpc) is 3.52. The van der Waals surface area contributed by atoms with E-state index in [4.69, 9.17) is 4.74 Å². The minimum absolute atomic E-state index is 0.0297. The molecule has 1 atom stereocenters. The number of hydrogen-bond donors (Lipinski definition) is 2. The van der Waals surface area contributed by atoms with E-state index in [1.807, 2.05) is 80.3 Å². The Kier molecular flexibility index (Phi) is 8.95. The number of carbonyl (C=O) groups excluding carboxylic acids is 2. The van der Waals surface area contributed by atoms with E-state index in [0.29, 0.717) is 10.7 Å². The van der Waals surface area contributed by atoms with Crippen LogP contribution in [-0.4, -0.2) is 53.9 Å². The van der Waals surface area contributed by atoms with Gasteiger partial charge in [-0.05, 0) is 45.9 Å². The number of hydrogen-bond acceptors (Lipinski definition) is 6. The summed E-state index contributed by atoms with van der Waals surface area (Å²) >= 11 is 1.32. The van der Waals surface area contributed by atoms with Crippen LogP contribution in [0.2, 0.25) is 0 Å². The standard InChI is InChI=1S/C27H33N5O3S/c1-7-9-21(28-5)18-10-8-11-19(14-18)23-17-36-26(30-23)31-25(34)22(16-35-6)29-24(33)20-12-13-32(15-20)27(2,3)4/h7-15,17,22H,16H2,1-6H3,(H,29,33)(H,30,31,34)/b9-7-,28-21?. The number of benzene rings is 1. The molecule has 8 nitrogen and oxygen atoms in total. The number of ether oxygens (including phenoxy) is 1. The van der Waals surface area contributed by atoms with E-state index in [-0.39, 0.29) is 18.1 Å². The van der Waals surface area contributed by atoms with Crippen molar-refractivity contribution in [3.63, 3.8) is 0 Å². The molecule has 0 aliphatic carbocycles. The van der Waals surface area contributed by atoms with Crippen LogP contribution in [0.25, 0.3) is 11.3 Å². The lowest BCUT2D eigenvalue weighted by Crippen LogP contribution is -2.46. The molecular formula is C27H33N5O3S. The largest absolute Gasteiger partial charge is 0.382 e. The number of allylic oxidation sites excluding steroid dienone is 2. The summed E-state index contributed by atoms with van der Waals surface area (Å²) < 4.78 is 7.14. The second kappa shape index (κ2) is 11.9. The first-order chi connectivity index (χ1) is 17.2. The van der Waals surface area contributed by atoms with Gasteiger partial charge < -0.3 is 19.9 Å². The van der Waals surface area contributed by atoms with Crippen molar-refractivity contribution in [1.82, 2.24) is 14.9 Å². The molecule has 0 aliphatic rings. The van der Waals surface area contributed by atoms with E-state index in [2.05, 4.69) is 20.6 Å². The Hall–Kier alpha value is -3.56. The van der Waals surface area contributed by atoms with Crippen molar-refractivity contribution in [2.45, 2.75) is 39.3 Å². The molecule has 2 amide bonds. The molecule has 0 fully saturated rings. The molecule has 0 bridgehead atoms. The fraction of sp³-hybridized carbons (Fsp3) is 0.333. The third kappa shape index (κ3) is 6.77. The van der Waals surface area contributed by atoms with E-state index < -0.39 is 11.9 Å². The third-order valence-electron chi connectivity index (χ3n) is 5.44. The SMILES string of the molecule is C/C=C\C(=NC)c1cccc(-c2csc(NC(=O)C(COC)NC(=O)c3ccn(C(C)(C)C)c3)n2)c1. The van der Waals surface area contributed by atoms with Crippen LogP contribution in [0, 0.1) is 0 Å². The normalized spacial score (nSPS) is 13.1. The van der Waals surface area contributed by atoms with E-state index in [1.54, 1.807) is 19.3 Å². The summed E-state index contributed by atoms with van der Waals surface area (Å²) in [6.07, 6.45) is 7.51. The minimum Gasteiger partial charge on any atom is -0.382 e. The fourth-order valence-corrected chi connectivity index (χ4v) is 4.21. The summed E-state index contributed by atoms with van der Waals surface area (Å²) in [6, 6.07) is 8.78. The Morgan fingerprint density at radius 1 is 1.25 bits per heavy atom. The van der Waals surface area contributed by atoms with Crippen molar-refractivity contribution in [2.75, 3.05) is 26.1 Å². The van der Waals surface area contributed by atoms with Gasteiger partial charge in [0.25, 0.3) is 11.8 Å². The summed E-state index contributed by atoms with van der Waals surface area (Å²) in [5.74, 6) is -0.745. The Morgan fingerprint density at radius 2 is 2.03 bits per heavy atom. The first kappa shape index (κ1) is 27.0. The highest BCUT2D eigenvalue weighted by molar-refractivity contribution is 7.14. The summed E-state index contributed by atoms with van der Waals surface area (Å²) in [7, 11) is 3.24. The van der Waals surface area contributed by atoms with Crippen molar-refractivity contribution < 1.29 is 14.3 Å². The van der Waals surface area contributed by atoms with Gasteiger partial charge in [-0.1, -0.05) is 24.3 Å². The van der Waals surface area contributed by atoms with Gasteiger partial charge in [0, 0.05) is 48.6 Å². The van der Waals surface area contributed by atoms with Crippen molar-refractivity contribution >= 4 is 34.0 Å². The van der Waals surface area contributed by atoms with Crippen LogP contribution >= 0.6 is 11.3 Å². The predicted molar refractivity (Wildman–Crippen MR) is 146 cm³/mol. The summed E-state index contributed by atoms with van der Waals surface area (Å²) in [6.45, 7) is 8.13. The number of methoxy groups -OCH3 is 1. The number of aliphatic imine (C=N–C) groups is 1. The zero-order valence-electron chi connectivity index (χ0n) is 21.5. The number of aromatic nitrogens is 2. The van der Waals surface area contributed by atoms with Crippen LogP contribution in [-0.2, 0) is 15.1 Å². The molecule has 2 N–H and O–H groups in total. The number of amides is 2. The van der Waals surface area contributed by atoms with Crippen LogP contribution in [0.1, 0.15) is 43.6 Å². The van der Waals surface area contributed by atoms with Crippen LogP contribution < -0.4 is 10.6 Å². The van der Waals surface area contributed by atoms with E-state index in [0.717, 1.165) is 22.5 Å². The maximum Gasteiger partial charge on any atom is 0.253 e. The van der Waals surface area contributed by atoms with Crippen LogP contribution in [0.15, 0.2) is 65.3 Å². The number of nitrogens with one attached hydrogen (secondary N) is 2. The van der Waals surface area contributed by atoms with E-state index >= 15 is 0 Å². The van der Waals surface area contributed by atoms with Gasteiger partial charge in [0.05, 0.1) is 23.6 Å². The average molecular weight is 508 g/mol. The van der Waals surface area contributed by atoms with Gasteiger partial charge in [-0.25, -0.2) is 4.98 Å². The molecule has 0 saturated carbocycles. The number of nitrogens with zero attached hydrogens (tertiary/aromatic N) is 3. The quantitative estimate of drug-likeness (QED) is 0.409. The highest BCUT2D eigenvalue weighted by atomic mass is 32.1. The number of carbonyl (C=O) groups is 2. The molecule has 0 aliphatic heterocycles. The minimum atomic E-state index is -0.875. The molecule has 2 aromatic heterocycles. The molecule has 0 saturated heterocycles. The van der Waals surface area contributed by atoms with Crippen molar-refractivity contribution in [3.05, 3.63) is 71.4 Å². The maximum absolute atomic E-state index is 13.0. The number of rotatable bonds is 9. The molecular weight excluding hydrogens is 474 g/mol. The topological polar surface area (TPSA) is 97.6 Å². The van der Waals surface area contributed by atoms with Gasteiger partial charge in [0.2, 0.25) is 0 Å². The van der Waals surface area contributed by atoms with Crippen molar-refractivity contribution in [2.24, 2.45) is 4.99 Å². The first-order valence-electron chi connectivity index (χ1n) is 11.6. The molecule has 2 heterocycles. The lowest BCUT2D eigenvalue weighted by molar-refractivity contribution is -0.119. The zero-order chi connectivity index (χ0) is 26.3. The smallest absolute Gasteiger partial charge is 0.253 e. The second-order valence-electron chi connectivity index (χ2n) is 9.18. The maximum atomic E-state index is 13.0. The Labute approximate surface area is 216 Å². The highest BCUT2D eigenvalue weighted by Crippen LogP contribution is 2.26. The van der Waals surface area contributed by atoms with Gasteiger partial charge in [0.1, 0.15) is 6.04 Å². The molecule has 0 spiro atoms. The monoisotopic (exact) mass is 507 g/mol. The second-order valence-corrected chi connectivity index (χ2v) is 10.0. The van der Waals surface area contributed by atoms with E-state index in [1.165, 1.54) is 18.4 Å². The summed E-state index contributed by atoms with van der Waals surface area (Å²) in [5.41, 5.74) is 3.84. The molecule has 3 aromatic rings. The van der Waals surface area contributed by atoms with Crippen LogP contribution in [0.5, 0.6) is 0 Å². The molecule has 36 heavy (non-hydrogen) atoms. The summed E-state index contributed by atoms with van der Waals surface area (Å²) in [5, 5.41) is 7.89. The number of anilines is 1. The molecule has 9 heteroatoms. The van der Waals surface area contributed by atoms with Gasteiger partial charge in [-0.15, -0.1) is 11.3 Å².